The van der Waals surface area contributed by atoms with Crippen LogP contribution >= 0.6 is 0 Å². The minimum absolute atomic E-state index is 0.104. The van der Waals surface area contributed by atoms with Gasteiger partial charge in [-0.05, 0) is 70.6 Å². The summed E-state index contributed by atoms with van der Waals surface area (Å²) in [6.07, 6.45) is 0. The van der Waals surface area contributed by atoms with E-state index in [0.29, 0.717) is 37.6 Å². The first kappa shape index (κ1) is 23.6. The number of nitrogens with one attached hydrogen (secondary N) is 1. The van der Waals surface area contributed by atoms with Crippen LogP contribution in [0.5, 0.6) is 0 Å². The largest absolute Gasteiger partial charge is 0.322 e. The Morgan fingerprint density at radius 3 is 2.36 bits per heavy atom. The first-order valence-corrected chi connectivity index (χ1v) is 11.8. The number of nitrogens with zero attached hydrogens (tertiary/aromatic N) is 5. The molecule has 0 saturated carbocycles. The fourth-order valence-electron chi connectivity index (χ4n) is 4.26. The molecule has 8 heteroatoms. The molecule has 7 nitrogen and oxygen atoms in total. The van der Waals surface area contributed by atoms with Crippen LogP contribution in [0, 0.1) is 19.7 Å². The number of aromatic nitrogens is 5. The van der Waals surface area contributed by atoms with Crippen LogP contribution in [0.15, 0.2) is 77.6 Å². The highest BCUT2D eigenvalue weighted by molar-refractivity contribution is 5.79. The average Bonchev–Trinajstić information content (AvgIpc) is 3.29. The number of tetrazole rings is 1. The molecule has 3 aromatic carbocycles. The van der Waals surface area contributed by atoms with E-state index in [9.17, 15) is 9.18 Å². The van der Waals surface area contributed by atoms with Crippen LogP contribution in [0.3, 0.4) is 0 Å². The van der Waals surface area contributed by atoms with Crippen LogP contribution in [0.25, 0.3) is 10.9 Å². The predicted molar refractivity (Wildman–Crippen MR) is 137 cm³/mol. The van der Waals surface area contributed by atoms with Crippen LogP contribution in [0.4, 0.5) is 4.39 Å². The lowest BCUT2D eigenvalue weighted by molar-refractivity contribution is 0.236. The lowest BCUT2D eigenvalue weighted by Crippen LogP contribution is -2.28. The van der Waals surface area contributed by atoms with Gasteiger partial charge in [-0.15, -0.1) is 5.10 Å². The number of benzene rings is 3. The van der Waals surface area contributed by atoms with E-state index in [2.05, 4.69) is 56.6 Å². The molecular weight excluding hydrogens is 455 g/mol. The molecule has 0 amide bonds. The Balaban J connectivity index is 1.43. The number of hydrogen-bond acceptors (Lipinski definition) is 5. The monoisotopic (exact) mass is 482 g/mol. The third-order valence-corrected chi connectivity index (χ3v) is 6.22. The summed E-state index contributed by atoms with van der Waals surface area (Å²) in [5.41, 5.74) is 5.72. The maximum Gasteiger partial charge on any atom is 0.252 e. The number of fused-ring (bicyclic) bond motifs is 1. The molecule has 0 bridgehead atoms. The van der Waals surface area contributed by atoms with Crippen molar-refractivity contribution in [1.29, 1.82) is 0 Å². The number of hydrogen-bond donors (Lipinski definition) is 1. The minimum Gasteiger partial charge on any atom is -0.322 e. The van der Waals surface area contributed by atoms with E-state index < -0.39 is 0 Å². The maximum absolute atomic E-state index is 13.3. The highest BCUT2D eigenvalue weighted by atomic mass is 19.1. The number of aromatic amines is 1. The van der Waals surface area contributed by atoms with E-state index in [1.165, 1.54) is 17.7 Å². The van der Waals surface area contributed by atoms with Crippen LogP contribution < -0.4 is 5.56 Å². The van der Waals surface area contributed by atoms with Gasteiger partial charge in [0.2, 0.25) is 0 Å². The molecule has 182 valence electrons. The third kappa shape index (κ3) is 5.55. The topological polar surface area (TPSA) is 79.7 Å². The SMILES string of the molecule is Cc1ccc(CN(Cc2cc3ccc(C)cc3[nH]c2=O)Cc2nnnn2Cc2ccc(F)cc2)cc1. The van der Waals surface area contributed by atoms with Gasteiger partial charge in [0, 0.05) is 24.2 Å². The minimum atomic E-state index is -0.282. The highest BCUT2D eigenvalue weighted by Gasteiger charge is 2.16. The summed E-state index contributed by atoms with van der Waals surface area (Å²) in [5.74, 6) is 0.384. The second-order valence-corrected chi connectivity index (χ2v) is 9.22. The van der Waals surface area contributed by atoms with Gasteiger partial charge in [-0.2, -0.15) is 0 Å². The Kier molecular flexibility index (Phi) is 6.69. The van der Waals surface area contributed by atoms with E-state index in [4.69, 9.17) is 0 Å². The lowest BCUT2D eigenvalue weighted by Gasteiger charge is -2.22. The molecule has 1 N–H and O–H groups in total. The van der Waals surface area contributed by atoms with Crippen molar-refractivity contribution < 1.29 is 4.39 Å². The molecule has 0 radical (unpaired) electrons. The zero-order valence-electron chi connectivity index (χ0n) is 20.3. The molecule has 2 aromatic heterocycles. The molecule has 0 aliphatic rings. The summed E-state index contributed by atoms with van der Waals surface area (Å²) in [6.45, 7) is 5.97. The van der Waals surface area contributed by atoms with Crippen molar-refractivity contribution >= 4 is 10.9 Å². The van der Waals surface area contributed by atoms with E-state index in [-0.39, 0.29) is 11.4 Å². The van der Waals surface area contributed by atoms with Gasteiger partial charge in [-0.1, -0.05) is 54.1 Å². The van der Waals surface area contributed by atoms with Gasteiger partial charge in [-0.3, -0.25) is 9.69 Å². The van der Waals surface area contributed by atoms with Crippen molar-refractivity contribution in [1.82, 2.24) is 30.1 Å². The Bertz CT molecular complexity index is 1540. The third-order valence-electron chi connectivity index (χ3n) is 6.22. The molecule has 0 aliphatic heterocycles. The molecule has 0 fully saturated rings. The smallest absolute Gasteiger partial charge is 0.252 e. The summed E-state index contributed by atoms with van der Waals surface area (Å²) in [7, 11) is 0. The first-order valence-electron chi connectivity index (χ1n) is 11.8. The zero-order valence-corrected chi connectivity index (χ0v) is 20.3. The highest BCUT2D eigenvalue weighted by Crippen LogP contribution is 2.17. The number of halogens is 1. The van der Waals surface area contributed by atoms with Crippen molar-refractivity contribution in [2.24, 2.45) is 0 Å². The Morgan fingerprint density at radius 1 is 0.861 bits per heavy atom. The second-order valence-electron chi connectivity index (χ2n) is 9.22. The quantitative estimate of drug-likeness (QED) is 0.352. The van der Waals surface area contributed by atoms with Crippen LogP contribution in [0.2, 0.25) is 0 Å². The lowest BCUT2D eigenvalue weighted by atomic mass is 10.1. The van der Waals surface area contributed by atoms with Crippen molar-refractivity contribution in [3.8, 4) is 0 Å². The van der Waals surface area contributed by atoms with Gasteiger partial charge in [0.1, 0.15) is 5.82 Å². The molecule has 36 heavy (non-hydrogen) atoms. The fourth-order valence-corrected chi connectivity index (χ4v) is 4.26. The van der Waals surface area contributed by atoms with Crippen LogP contribution in [-0.4, -0.2) is 30.1 Å². The number of H-pyrrole nitrogens is 1. The van der Waals surface area contributed by atoms with Gasteiger partial charge in [-0.25, -0.2) is 9.07 Å². The van der Waals surface area contributed by atoms with Gasteiger partial charge in [0.25, 0.3) is 5.56 Å². The Labute approximate surface area is 208 Å². The molecular formula is C28H27FN6O. The normalized spacial score (nSPS) is 11.4. The Hall–Kier alpha value is -4.17. The van der Waals surface area contributed by atoms with E-state index in [0.717, 1.165) is 27.6 Å². The summed E-state index contributed by atoms with van der Waals surface area (Å²) in [6, 6.07) is 22.7. The Morgan fingerprint density at radius 2 is 1.58 bits per heavy atom. The summed E-state index contributed by atoms with van der Waals surface area (Å²) in [4.78, 5) is 18.1. The van der Waals surface area contributed by atoms with Gasteiger partial charge in [0.05, 0.1) is 13.1 Å². The van der Waals surface area contributed by atoms with E-state index in [1.807, 2.05) is 31.2 Å². The molecule has 2 heterocycles. The molecule has 0 atom stereocenters. The standard InChI is InChI=1S/C28H27FN6O/c1-19-3-6-21(7-4-19)15-34(17-24-14-23-10-5-20(2)13-26(23)30-28(24)36)18-27-31-32-33-35(27)16-22-8-11-25(29)12-9-22/h3-14H,15-18H2,1-2H3,(H,30,36). The average molecular weight is 483 g/mol. The van der Waals surface area contributed by atoms with Gasteiger partial charge >= 0.3 is 0 Å². The van der Waals surface area contributed by atoms with E-state index >= 15 is 0 Å². The second kappa shape index (κ2) is 10.2. The first-order chi connectivity index (χ1) is 17.4. The summed E-state index contributed by atoms with van der Waals surface area (Å²) in [5, 5.41) is 13.3. The van der Waals surface area contributed by atoms with Crippen LogP contribution in [-0.2, 0) is 26.2 Å². The van der Waals surface area contributed by atoms with Crippen molar-refractivity contribution in [2.45, 2.75) is 40.0 Å². The maximum atomic E-state index is 13.3. The van der Waals surface area contributed by atoms with Crippen LogP contribution in [0.1, 0.15) is 33.6 Å². The molecule has 0 unspecified atom stereocenters. The van der Waals surface area contributed by atoms with Crippen molar-refractivity contribution in [3.63, 3.8) is 0 Å². The molecule has 5 rings (SSSR count). The molecule has 0 saturated heterocycles. The van der Waals surface area contributed by atoms with Crippen molar-refractivity contribution in [2.75, 3.05) is 0 Å². The number of pyridine rings is 1. The summed E-state index contributed by atoms with van der Waals surface area (Å²) >= 11 is 0. The fraction of sp³-hybridized carbons (Fsp3) is 0.214. The predicted octanol–water partition coefficient (Wildman–Crippen LogP) is 4.52. The number of rotatable bonds is 8. The van der Waals surface area contributed by atoms with Crippen molar-refractivity contribution in [3.05, 3.63) is 123 Å². The zero-order chi connectivity index (χ0) is 25.1. The van der Waals surface area contributed by atoms with E-state index in [1.54, 1.807) is 16.8 Å². The van der Waals surface area contributed by atoms with Gasteiger partial charge in [0.15, 0.2) is 5.82 Å². The summed E-state index contributed by atoms with van der Waals surface area (Å²) < 4.78 is 15.0. The number of aryl methyl sites for hydroxylation is 2. The molecule has 0 aliphatic carbocycles. The van der Waals surface area contributed by atoms with Gasteiger partial charge < -0.3 is 4.98 Å². The molecule has 0 spiro atoms. The molecule has 5 aromatic rings.